The van der Waals surface area contributed by atoms with Crippen molar-refractivity contribution in [3.8, 4) is 0 Å². The van der Waals surface area contributed by atoms with Gasteiger partial charge in [-0.1, -0.05) is 64.2 Å². The summed E-state index contributed by atoms with van der Waals surface area (Å²) in [6.07, 6.45) is 10.7. The molecule has 0 radical (unpaired) electrons. The van der Waals surface area contributed by atoms with E-state index in [0.717, 1.165) is 12.0 Å². The van der Waals surface area contributed by atoms with Gasteiger partial charge in [-0.05, 0) is 106 Å². The summed E-state index contributed by atoms with van der Waals surface area (Å²) >= 11 is 0. The van der Waals surface area contributed by atoms with Crippen LogP contribution in [0.2, 0.25) is 0 Å². The van der Waals surface area contributed by atoms with E-state index in [0.29, 0.717) is 56.9 Å². The van der Waals surface area contributed by atoms with Crippen molar-refractivity contribution in [1.29, 1.82) is 0 Å². The van der Waals surface area contributed by atoms with Crippen LogP contribution in [-0.4, -0.2) is 132 Å². The second kappa shape index (κ2) is 22.9. The van der Waals surface area contributed by atoms with Crippen LogP contribution in [0, 0.1) is 41.4 Å². The summed E-state index contributed by atoms with van der Waals surface area (Å²) in [5.41, 5.74) is 1.28. The third kappa shape index (κ3) is 12.1. The second-order valence-electron chi connectivity index (χ2n) is 19.6. The number of rotatable bonds is 5. The molecule has 358 valence electrons. The molecule has 5 rings (SSSR count). The van der Waals surface area contributed by atoms with Gasteiger partial charge in [-0.2, -0.15) is 0 Å². The molecule has 0 aromatic heterocycles. The Morgan fingerprint density at radius 2 is 1.56 bits per heavy atom. The quantitative estimate of drug-likeness (QED) is 0.181. The number of allylic oxidation sites excluding steroid dienone is 6. The monoisotopic (exact) mass is 898 g/mol. The zero-order valence-electron chi connectivity index (χ0n) is 39.5. The Hall–Kier alpha value is -3.37. The summed E-state index contributed by atoms with van der Waals surface area (Å²) in [5, 5.41) is 34.0. The standard InChI is InChI=1S/C50H75NO13/c1-28-13-11-10-12-14-29(2)41(60-7)26-36-17-15-33(6)50(59,64-36)47(56)48(57)51-20-19-35-25-38(51)49(58)63-42(37(35)23-34-16-18-39(52)43(24-34)61-8)27-40(53)30(3)22-32(5)45(55)46(62-9)44(54)31(4)21-28/h10-14,22,28,30-31,33-39,41-43,45-46,52,55,59H,15-21,23-27H2,1-9H3/b12-10+,13-11+,29-14+,32-22+/t28-,30-,31-,33-,34+,35+,36+,37?,38+,39-,41+,42+,43-,45?,46+,50-/m1/s1. The zero-order chi connectivity index (χ0) is 47.0. The summed E-state index contributed by atoms with van der Waals surface area (Å²) in [6, 6.07) is -1.12. The molecule has 4 fully saturated rings. The Kier molecular flexibility index (Phi) is 18.5. The van der Waals surface area contributed by atoms with E-state index in [9.17, 15) is 39.3 Å². The highest BCUT2D eigenvalue weighted by Gasteiger charge is 2.55. The Labute approximate surface area is 379 Å². The minimum atomic E-state index is -2.42. The van der Waals surface area contributed by atoms with E-state index in [1.165, 1.54) is 12.0 Å². The normalized spacial score (nSPS) is 43.2. The first kappa shape index (κ1) is 51.6. The van der Waals surface area contributed by atoms with Crippen molar-refractivity contribution >= 4 is 29.2 Å². The molecule has 4 aliphatic heterocycles. The van der Waals surface area contributed by atoms with Crippen LogP contribution in [0.1, 0.15) is 112 Å². The van der Waals surface area contributed by atoms with Crippen molar-refractivity contribution in [1.82, 2.24) is 4.90 Å². The summed E-state index contributed by atoms with van der Waals surface area (Å²) in [7, 11) is 4.53. The highest BCUT2D eigenvalue weighted by molar-refractivity contribution is 6.39. The van der Waals surface area contributed by atoms with Gasteiger partial charge in [0.05, 0.1) is 24.4 Å². The molecule has 16 atom stereocenters. The number of hydrogen-bond donors (Lipinski definition) is 3. The first-order valence-electron chi connectivity index (χ1n) is 23.5. The maximum atomic E-state index is 14.3. The van der Waals surface area contributed by atoms with Gasteiger partial charge in [0.25, 0.3) is 11.7 Å². The number of amides is 1. The fourth-order valence-electron chi connectivity index (χ4n) is 10.8. The van der Waals surface area contributed by atoms with E-state index in [1.54, 1.807) is 41.1 Å². The minimum Gasteiger partial charge on any atom is -0.460 e. The summed E-state index contributed by atoms with van der Waals surface area (Å²) in [5.74, 6) is -7.96. The summed E-state index contributed by atoms with van der Waals surface area (Å²) in [6.45, 7) is 10.8. The molecule has 64 heavy (non-hydrogen) atoms. The summed E-state index contributed by atoms with van der Waals surface area (Å²) in [4.78, 5) is 71.8. The van der Waals surface area contributed by atoms with Gasteiger partial charge >= 0.3 is 5.97 Å². The fraction of sp³-hybridized carbons (Fsp3) is 0.740. The largest absolute Gasteiger partial charge is 0.460 e. The van der Waals surface area contributed by atoms with Gasteiger partial charge in [-0.25, -0.2) is 4.79 Å². The number of hydrogen-bond acceptors (Lipinski definition) is 13. The highest BCUT2D eigenvalue weighted by Crippen LogP contribution is 2.44. The molecule has 14 nitrogen and oxygen atoms in total. The maximum Gasteiger partial charge on any atom is 0.329 e. The van der Waals surface area contributed by atoms with Crippen molar-refractivity contribution in [2.75, 3.05) is 27.9 Å². The molecular weight excluding hydrogens is 823 g/mol. The van der Waals surface area contributed by atoms with Crippen LogP contribution in [0.25, 0.3) is 0 Å². The second-order valence-corrected chi connectivity index (χ2v) is 19.6. The molecule has 2 unspecified atom stereocenters. The predicted octanol–water partition coefficient (Wildman–Crippen LogP) is 5.40. The summed E-state index contributed by atoms with van der Waals surface area (Å²) < 4.78 is 29.4. The average molecular weight is 898 g/mol. The molecular formula is C50H75NO13. The Morgan fingerprint density at radius 1 is 0.828 bits per heavy atom. The molecule has 5 aliphatic rings. The van der Waals surface area contributed by atoms with E-state index < -0.39 is 83.9 Å². The molecule has 3 N–H and O–H groups in total. The van der Waals surface area contributed by atoms with E-state index in [2.05, 4.69) is 0 Å². The van der Waals surface area contributed by atoms with Crippen LogP contribution in [0.4, 0.5) is 0 Å². The van der Waals surface area contributed by atoms with Gasteiger partial charge < -0.3 is 43.9 Å². The first-order valence-corrected chi connectivity index (χ1v) is 23.5. The third-order valence-electron chi connectivity index (χ3n) is 15.0. The molecule has 1 aliphatic carbocycles. The zero-order valence-corrected chi connectivity index (χ0v) is 39.5. The third-order valence-corrected chi connectivity index (χ3v) is 15.0. The molecule has 5 bridgehead atoms. The number of piperidine rings is 1. The van der Waals surface area contributed by atoms with Crippen LogP contribution in [-0.2, 0) is 47.7 Å². The van der Waals surface area contributed by atoms with Crippen LogP contribution in [0.3, 0.4) is 0 Å². The molecule has 4 heterocycles. The number of aliphatic hydroxyl groups is 3. The van der Waals surface area contributed by atoms with Gasteiger partial charge in [0.2, 0.25) is 5.79 Å². The SMILES string of the molecule is CO[C@H]1C[C@@H]2CC[C@@H](C)[C@@](O)(O2)C(=O)C(=O)N2CC[C@H]3C[C@H]2C(=O)O[C@@H](CC(=O)[C@H](C)/C=C(\C)C(O)[C@@H](OC)C(=O)[C@H](C)C[C@H](C)/C=C/C=C/C=C/1C)C3C[C@@H]1CC[C@@H](O)[C@H](OC)C1. The lowest BCUT2D eigenvalue weighted by Gasteiger charge is -2.43. The minimum absolute atomic E-state index is 0.0230. The molecule has 1 amide bonds. The Balaban J connectivity index is 1.49. The lowest BCUT2D eigenvalue weighted by atomic mass is 9.71. The van der Waals surface area contributed by atoms with Crippen LogP contribution >= 0.6 is 0 Å². The molecule has 14 heteroatoms. The molecule has 0 spiro atoms. The number of ketones is 3. The number of Topliss-reactive ketones (excluding diaryl/α,β-unsaturated/α-hetero) is 3. The van der Waals surface area contributed by atoms with Crippen LogP contribution < -0.4 is 0 Å². The lowest BCUT2D eigenvalue weighted by Crippen LogP contribution is -2.61. The topological polar surface area (TPSA) is 195 Å². The number of methoxy groups -OCH3 is 3. The van der Waals surface area contributed by atoms with Crippen molar-refractivity contribution in [3.05, 3.63) is 47.6 Å². The van der Waals surface area contributed by atoms with Gasteiger partial charge in [-0.3, -0.25) is 19.2 Å². The van der Waals surface area contributed by atoms with Crippen LogP contribution in [0.5, 0.6) is 0 Å². The number of carbonyl (C=O) groups excluding carboxylic acids is 5. The maximum absolute atomic E-state index is 14.3. The van der Waals surface area contributed by atoms with Gasteiger partial charge in [0.15, 0.2) is 5.78 Å². The number of carbonyl (C=O) groups is 5. The van der Waals surface area contributed by atoms with E-state index in [-0.39, 0.29) is 60.7 Å². The number of nitrogens with zero attached hydrogens (tertiary/aromatic N) is 1. The predicted molar refractivity (Wildman–Crippen MR) is 238 cm³/mol. The van der Waals surface area contributed by atoms with Crippen molar-refractivity contribution < 1.29 is 63.0 Å². The van der Waals surface area contributed by atoms with Gasteiger partial charge in [0.1, 0.15) is 30.1 Å². The fourth-order valence-corrected chi connectivity index (χ4v) is 10.8. The van der Waals surface area contributed by atoms with E-state index in [4.69, 9.17) is 23.7 Å². The van der Waals surface area contributed by atoms with Gasteiger partial charge in [0, 0.05) is 58.5 Å². The highest BCUT2D eigenvalue weighted by atomic mass is 16.6. The molecule has 3 saturated heterocycles. The smallest absolute Gasteiger partial charge is 0.329 e. The van der Waals surface area contributed by atoms with Crippen LogP contribution in [0.15, 0.2) is 47.6 Å². The van der Waals surface area contributed by atoms with E-state index in [1.807, 2.05) is 51.2 Å². The van der Waals surface area contributed by atoms with Crippen molar-refractivity contribution in [2.45, 2.75) is 167 Å². The number of fused-ring (bicyclic) bond motifs is 5. The Bertz CT molecular complexity index is 1790. The van der Waals surface area contributed by atoms with Crippen molar-refractivity contribution in [2.24, 2.45) is 41.4 Å². The molecule has 1 saturated carbocycles. The number of ether oxygens (including phenoxy) is 5. The molecule has 0 aromatic carbocycles. The molecule has 0 aromatic rings. The van der Waals surface area contributed by atoms with Crippen molar-refractivity contribution in [3.63, 3.8) is 0 Å². The van der Waals surface area contributed by atoms with E-state index >= 15 is 0 Å². The number of esters is 1. The lowest BCUT2D eigenvalue weighted by molar-refractivity contribution is -0.265. The van der Waals surface area contributed by atoms with Gasteiger partial charge in [-0.15, -0.1) is 0 Å². The Morgan fingerprint density at radius 3 is 2.25 bits per heavy atom. The number of aliphatic hydroxyl groups excluding tert-OH is 2. The first-order chi connectivity index (χ1) is 30.3. The average Bonchev–Trinajstić information content (AvgIpc) is 3.36.